The van der Waals surface area contributed by atoms with Crippen LogP contribution in [0.15, 0.2) is 35.9 Å². The summed E-state index contributed by atoms with van der Waals surface area (Å²) < 4.78 is 5.09. The second-order valence-electron chi connectivity index (χ2n) is 5.50. The molecule has 0 saturated heterocycles. The van der Waals surface area contributed by atoms with Crippen molar-refractivity contribution in [1.82, 2.24) is 0 Å². The summed E-state index contributed by atoms with van der Waals surface area (Å²) in [6.45, 7) is 2.45. The van der Waals surface area contributed by atoms with E-state index >= 15 is 0 Å². The van der Waals surface area contributed by atoms with E-state index in [1.54, 1.807) is 0 Å². The monoisotopic (exact) mass is 271 g/mol. The Bertz CT molecular complexity index is 579. The molecule has 0 aliphatic heterocycles. The fourth-order valence-electron chi connectivity index (χ4n) is 3.25. The van der Waals surface area contributed by atoms with E-state index < -0.39 is 0 Å². The van der Waals surface area contributed by atoms with Gasteiger partial charge in [0.15, 0.2) is 0 Å². The number of benzene rings is 1. The van der Waals surface area contributed by atoms with Gasteiger partial charge in [0.1, 0.15) is 6.10 Å². The predicted octanol–water partition coefficient (Wildman–Crippen LogP) is 2.44. The molecule has 1 saturated carbocycles. The second kappa shape index (κ2) is 5.12. The van der Waals surface area contributed by atoms with Crippen molar-refractivity contribution in [3.63, 3.8) is 0 Å². The molecule has 20 heavy (non-hydrogen) atoms. The first kappa shape index (κ1) is 12.9. The summed E-state index contributed by atoms with van der Waals surface area (Å²) in [7, 11) is 0. The summed E-state index contributed by atoms with van der Waals surface area (Å²) in [5, 5.41) is 2.95. The lowest BCUT2D eigenvalue weighted by atomic mass is 9.94. The van der Waals surface area contributed by atoms with Crippen molar-refractivity contribution in [2.24, 2.45) is 11.8 Å². The van der Waals surface area contributed by atoms with Crippen LogP contribution in [0, 0.1) is 18.8 Å². The zero-order chi connectivity index (χ0) is 14.1. The molecule has 1 aromatic carbocycles. The fraction of sp³-hybridized carbons (Fsp3) is 0.375. The SMILES string of the molecule is Cc1ccccc1NC(=O)C1=CC2CC(OC=O)C1C2. The van der Waals surface area contributed by atoms with Crippen molar-refractivity contribution < 1.29 is 14.3 Å². The first-order valence-corrected chi connectivity index (χ1v) is 6.87. The van der Waals surface area contributed by atoms with Gasteiger partial charge in [-0.25, -0.2) is 0 Å². The molecule has 1 aromatic rings. The topological polar surface area (TPSA) is 55.4 Å². The van der Waals surface area contributed by atoms with Crippen LogP contribution in [0.2, 0.25) is 0 Å². The molecule has 1 amide bonds. The summed E-state index contributed by atoms with van der Waals surface area (Å²) in [4.78, 5) is 22.9. The molecule has 0 spiro atoms. The third kappa shape index (κ3) is 2.22. The number of ether oxygens (including phenoxy) is 1. The van der Waals surface area contributed by atoms with Crippen LogP contribution < -0.4 is 5.32 Å². The van der Waals surface area contributed by atoms with Crippen LogP contribution in [-0.4, -0.2) is 18.5 Å². The van der Waals surface area contributed by atoms with Crippen LogP contribution in [0.5, 0.6) is 0 Å². The number of rotatable bonds is 4. The van der Waals surface area contributed by atoms with Crippen LogP contribution in [0.25, 0.3) is 0 Å². The van der Waals surface area contributed by atoms with E-state index in [1.807, 2.05) is 37.3 Å². The van der Waals surface area contributed by atoms with Crippen LogP contribution in [0.4, 0.5) is 5.69 Å². The number of amides is 1. The van der Waals surface area contributed by atoms with Gasteiger partial charge in [0.2, 0.25) is 0 Å². The highest BCUT2D eigenvalue weighted by Gasteiger charge is 2.44. The van der Waals surface area contributed by atoms with E-state index in [2.05, 4.69) is 5.32 Å². The molecular formula is C16H17NO3. The fourth-order valence-corrected chi connectivity index (χ4v) is 3.25. The smallest absolute Gasteiger partial charge is 0.293 e. The Morgan fingerprint density at radius 2 is 2.15 bits per heavy atom. The van der Waals surface area contributed by atoms with E-state index in [0.29, 0.717) is 12.4 Å². The number of carbonyl (C=O) groups is 2. The van der Waals surface area contributed by atoms with Crippen LogP contribution in [0.1, 0.15) is 18.4 Å². The Hall–Kier alpha value is -2.10. The number of anilines is 1. The van der Waals surface area contributed by atoms with E-state index in [-0.39, 0.29) is 17.9 Å². The number of nitrogens with one attached hydrogen (secondary N) is 1. The molecule has 2 aliphatic carbocycles. The average Bonchev–Trinajstić information content (AvgIpc) is 3.01. The lowest BCUT2D eigenvalue weighted by molar-refractivity contribution is -0.135. The van der Waals surface area contributed by atoms with Crippen molar-refractivity contribution in [3.8, 4) is 0 Å². The molecule has 4 heteroatoms. The molecular weight excluding hydrogens is 254 g/mol. The molecule has 2 aliphatic rings. The lowest BCUT2D eigenvalue weighted by Crippen LogP contribution is -2.27. The van der Waals surface area contributed by atoms with Crippen molar-refractivity contribution in [2.75, 3.05) is 5.32 Å². The maximum absolute atomic E-state index is 12.4. The van der Waals surface area contributed by atoms with Gasteiger partial charge in [-0.2, -0.15) is 0 Å². The Balaban J connectivity index is 1.74. The van der Waals surface area contributed by atoms with Gasteiger partial charge in [-0.1, -0.05) is 24.3 Å². The van der Waals surface area contributed by atoms with Crippen LogP contribution in [-0.2, 0) is 14.3 Å². The van der Waals surface area contributed by atoms with Crippen molar-refractivity contribution in [2.45, 2.75) is 25.9 Å². The predicted molar refractivity (Wildman–Crippen MR) is 75.0 cm³/mol. The second-order valence-corrected chi connectivity index (χ2v) is 5.50. The molecule has 0 aromatic heterocycles. The quantitative estimate of drug-likeness (QED) is 0.856. The van der Waals surface area contributed by atoms with Gasteiger partial charge in [-0.15, -0.1) is 0 Å². The number of para-hydroxylation sites is 1. The third-order valence-corrected chi connectivity index (χ3v) is 4.24. The van der Waals surface area contributed by atoms with E-state index in [4.69, 9.17) is 4.74 Å². The molecule has 104 valence electrons. The highest BCUT2D eigenvalue weighted by atomic mass is 16.5. The zero-order valence-electron chi connectivity index (χ0n) is 11.3. The Morgan fingerprint density at radius 3 is 2.85 bits per heavy atom. The molecule has 3 unspecified atom stereocenters. The number of carbonyl (C=O) groups excluding carboxylic acids is 2. The summed E-state index contributed by atoms with van der Waals surface area (Å²) in [6, 6.07) is 7.69. The van der Waals surface area contributed by atoms with E-state index in [0.717, 1.165) is 29.7 Å². The number of allylic oxidation sites excluding steroid dienone is 1. The molecule has 1 N–H and O–H groups in total. The molecule has 3 rings (SSSR count). The highest BCUT2D eigenvalue weighted by Crippen LogP contribution is 2.45. The van der Waals surface area contributed by atoms with Gasteiger partial charge in [-0.3, -0.25) is 9.59 Å². The maximum Gasteiger partial charge on any atom is 0.293 e. The zero-order valence-corrected chi connectivity index (χ0v) is 11.3. The summed E-state index contributed by atoms with van der Waals surface area (Å²) in [6.07, 6.45) is 3.64. The van der Waals surface area contributed by atoms with Gasteiger partial charge >= 0.3 is 0 Å². The molecule has 4 nitrogen and oxygen atoms in total. The first-order valence-electron chi connectivity index (χ1n) is 6.87. The van der Waals surface area contributed by atoms with Crippen molar-refractivity contribution in [1.29, 1.82) is 0 Å². The average molecular weight is 271 g/mol. The third-order valence-electron chi connectivity index (χ3n) is 4.24. The van der Waals surface area contributed by atoms with Crippen LogP contribution >= 0.6 is 0 Å². The van der Waals surface area contributed by atoms with Gasteiger partial charge in [0, 0.05) is 17.2 Å². The minimum atomic E-state index is -0.139. The maximum atomic E-state index is 12.4. The van der Waals surface area contributed by atoms with Crippen LogP contribution in [0.3, 0.4) is 0 Å². The summed E-state index contributed by atoms with van der Waals surface area (Å²) in [5.74, 6) is 0.336. The molecule has 0 radical (unpaired) electrons. The number of fused-ring (bicyclic) bond motifs is 2. The first-order chi connectivity index (χ1) is 9.69. The van der Waals surface area contributed by atoms with Gasteiger partial charge in [0.25, 0.3) is 12.4 Å². The van der Waals surface area contributed by atoms with Gasteiger partial charge in [0.05, 0.1) is 0 Å². The summed E-state index contributed by atoms with van der Waals surface area (Å²) in [5.41, 5.74) is 2.62. The largest absolute Gasteiger partial charge is 0.464 e. The molecule has 3 atom stereocenters. The summed E-state index contributed by atoms with van der Waals surface area (Å²) >= 11 is 0. The normalized spacial score (nSPS) is 27.1. The highest BCUT2D eigenvalue weighted by molar-refractivity contribution is 6.05. The Labute approximate surface area is 117 Å². The molecule has 2 bridgehead atoms. The number of hydrogen-bond acceptors (Lipinski definition) is 3. The standard InChI is InChI=1S/C16H17NO3/c1-10-4-2-3-5-14(10)17-16(19)13-7-11-6-12(13)15(8-11)20-9-18/h2-5,7,9,11-12,15H,6,8H2,1H3,(H,17,19). The van der Waals surface area contributed by atoms with Crippen molar-refractivity contribution >= 4 is 18.1 Å². The number of aryl methyl sites for hydroxylation is 1. The van der Waals surface area contributed by atoms with E-state index in [9.17, 15) is 9.59 Å². The lowest BCUT2D eigenvalue weighted by Gasteiger charge is -2.21. The van der Waals surface area contributed by atoms with Crippen molar-refractivity contribution in [3.05, 3.63) is 41.5 Å². The minimum Gasteiger partial charge on any atom is -0.464 e. The Kier molecular flexibility index (Phi) is 3.30. The number of hydrogen-bond donors (Lipinski definition) is 1. The Morgan fingerprint density at radius 1 is 1.35 bits per heavy atom. The molecule has 1 fully saturated rings. The molecule has 0 heterocycles. The minimum absolute atomic E-state index is 0.0502. The van der Waals surface area contributed by atoms with Gasteiger partial charge in [-0.05, 0) is 37.3 Å². The van der Waals surface area contributed by atoms with Gasteiger partial charge < -0.3 is 10.1 Å². The van der Waals surface area contributed by atoms with E-state index in [1.165, 1.54) is 0 Å².